The van der Waals surface area contributed by atoms with Gasteiger partial charge in [-0.1, -0.05) is 0 Å². The number of hydrogen-bond donors (Lipinski definition) is 3. The van der Waals surface area contributed by atoms with Crippen LogP contribution in [-0.2, 0) is 11.2 Å². The van der Waals surface area contributed by atoms with E-state index in [9.17, 15) is 14.7 Å². The lowest BCUT2D eigenvalue weighted by Crippen LogP contribution is -2.35. The second-order valence-corrected chi connectivity index (χ2v) is 9.25. The number of carbonyl (C=O) groups is 2. The number of oxazole rings is 1. The number of aliphatic hydroxyl groups excluding tert-OH is 1. The fraction of sp³-hybridized carbons (Fsp3) is 0.346. The van der Waals surface area contributed by atoms with E-state index in [1.807, 2.05) is 19.1 Å². The van der Waals surface area contributed by atoms with Crippen LogP contribution in [0.4, 0.5) is 11.4 Å². The Hall–Kier alpha value is -4.25. The third-order valence-corrected chi connectivity index (χ3v) is 6.56. The molecule has 0 aliphatic carbocycles. The van der Waals surface area contributed by atoms with E-state index in [0.29, 0.717) is 29.3 Å². The molecule has 1 amide bonds. The van der Waals surface area contributed by atoms with Crippen LogP contribution >= 0.6 is 0 Å². The predicted molar refractivity (Wildman–Crippen MR) is 136 cm³/mol. The zero-order valence-corrected chi connectivity index (χ0v) is 20.4. The molecule has 1 fully saturated rings. The summed E-state index contributed by atoms with van der Waals surface area (Å²) in [6.07, 6.45) is 8.52. The summed E-state index contributed by atoms with van der Waals surface area (Å²) in [5.41, 5.74) is 4.38. The number of aliphatic carboxylic acids is 1. The van der Waals surface area contributed by atoms with Crippen molar-refractivity contribution in [2.75, 3.05) is 29.9 Å². The van der Waals surface area contributed by atoms with E-state index in [-0.39, 0.29) is 24.6 Å². The van der Waals surface area contributed by atoms with Gasteiger partial charge in [-0.15, -0.1) is 0 Å². The van der Waals surface area contributed by atoms with Crippen molar-refractivity contribution in [3.8, 4) is 11.5 Å². The van der Waals surface area contributed by atoms with Crippen molar-refractivity contribution in [2.45, 2.75) is 32.6 Å². The minimum Gasteiger partial charge on any atom is -0.481 e. The quantitative estimate of drug-likeness (QED) is 0.329. The second kappa shape index (κ2) is 10.4. The maximum absolute atomic E-state index is 13.2. The number of nitrogens with one attached hydrogen (secondary N) is 1. The van der Waals surface area contributed by atoms with Gasteiger partial charge in [0.1, 0.15) is 11.9 Å². The Bertz CT molecular complexity index is 1440. The minimum atomic E-state index is -0.883. The van der Waals surface area contributed by atoms with Crippen LogP contribution in [0.15, 0.2) is 47.5 Å². The molecule has 4 aromatic rings. The van der Waals surface area contributed by atoms with Gasteiger partial charge in [-0.05, 0) is 37.8 Å². The molecule has 0 saturated carbocycles. The number of fused-ring (bicyclic) bond motifs is 1. The number of carboxylic acids is 1. The van der Waals surface area contributed by atoms with Gasteiger partial charge < -0.3 is 29.2 Å². The summed E-state index contributed by atoms with van der Waals surface area (Å²) in [5.74, 6) is -0.711. The number of carboxylic acid groups (broad SMARTS) is 1. The van der Waals surface area contributed by atoms with Gasteiger partial charge in [0.05, 0.1) is 23.5 Å². The molecular weight excluding hydrogens is 476 g/mol. The Labute approximate surface area is 212 Å². The minimum absolute atomic E-state index is 0.0134. The fourth-order valence-corrected chi connectivity index (χ4v) is 4.52. The maximum Gasteiger partial charge on any atom is 0.303 e. The smallest absolute Gasteiger partial charge is 0.303 e. The lowest BCUT2D eigenvalue weighted by molar-refractivity contribution is -0.136. The highest BCUT2D eigenvalue weighted by molar-refractivity contribution is 6.05. The van der Waals surface area contributed by atoms with Crippen LogP contribution in [0.25, 0.3) is 17.1 Å². The maximum atomic E-state index is 13.2. The lowest BCUT2D eigenvalue weighted by Gasteiger charge is -2.34. The third kappa shape index (κ3) is 5.46. The molecule has 0 spiro atoms. The van der Waals surface area contributed by atoms with Crippen LogP contribution in [0.5, 0.6) is 0 Å². The summed E-state index contributed by atoms with van der Waals surface area (Å²) in [7, 11) is 0. The predicted octanol–water partition coefficient (Wildman–Crippen LogP) is 3.17. The molecule has 192 valence electrons. The van der Waals surface area contributed by atoms with Gasteiger partial charge in [-0.25, -0.2) is 9.97 Å². The van der Waals surface area contributed by atoms with E-state index < -0.39 is 11.9 Å². The van der Waals surface area contributed by atoms with Crippen LogP contribution in [0.2, 0.25) is 0 Å². The molecule has 0 unspecified atom stereocenters. The number of aryl methyl sites for hydroxylation is 2. The molecule has 4 aromatic heterocycles. The molecule has 0 radical (unpaired) electrons. The van der Waals surface area contributed by atoms with Gasteiger partial charge in [-0.2, -0.15) is 0 Å². The first-order valence-electron chi connectivity index (χ1n) is 12.2. The Morgan fingerprint density at radius 3 is 2.73 bits per heavy atom. The van der Waals surface area contributed by atoms with Crippen molar-refractivity contribution in [1.29, 1.82) is 0 Å². The van der Waals surface area contributed by atoms with Gasteiger partial charge >= 0.3 is 5.97 Å². The number of aromatic nitrogens is 4. The van der Waals surface area contributed by atoms with Gasteiger partial charge in [0.15, 0.2) is 5.69 Å². The second-order valence-electron chi connectivity index (χ2n) is 9.25. The van der Waals surface area contributed by atoms with Gasteiger partial charge in [0.2, 0.25) is 5.89 Å². The Morgan fingerprint density at radius 1 is 1.19 bits per heavy atom. The van der Waals surface area contributed by atoms with Gasteiger partial charge in [0, 0.05) is 62.0 Å². The van der Waals surface area contributed by atoms with Crippen LogP contribution in [0.1, 0.15) is 41.1 Å². The molecule has 1 aliphatic rings. The van der Waals surface area contributed by atoms with Crippen LogP contribution < -0.4 is 10.2 Å². The summed E-state index contributed by atoms with van der Waals surface area (Å²) in [6, 6.07) is 5.49. The number of hydrogen-bond acceptors (Lipinski definition) is 8. The summed E-state index contributed by atoms with van der Waals surface area (Å²) in [4.78, 5) is 39.5. The molecule has 5 heterocycles. The Kier molecular flexibility index (Phi) is 6.87. The van der Waals surface area contributed by atoms with Crippen molar-refractivity contribution in [3.05, 3.63) is 60.1 Å². The van der Waals surface area contributed by atoms with Crippen molar-refractivity contribution < 1.29 is 24.2 Å². The highest BCUT2D eigenvalue weighted by Crippen LogP contribution is 2.32. The van der Waals surface area contributed by atoms with Crippen molar-refractivity contribution in [3.63, 3.8) is 0 Å². The molecule has 1 aliphatic heterocycles. The molecule has 11 heteroatoms. The number of piperidine rings is 1. The lowest BCUT2D eigenvalue weighted by atomic mass is 9.97. The number of imidazole rings is 1. The molecule has 3 N–H and O–H groups in total. The monoisotopic (exact) mass is 504 g/mol. The normalized spacial score (nSPS) is 14.3. The number of anilines is 2. The highest BCUT2D eigenvalue weighted by Gasteiger charge is 2.23. The fourth-order valence-electron chi connectivity index (χ4n) is 4.52. The average Bonchev–Trinajstić information content (AvgIpc) is 3.54. The zero-order chi connectivity index (χ0) is 25.9. The van der Waals surface area contributed by atoms with Crippen molar-refractivity contribution >= 4 is 28.9 Å². The zero-order valence-electron chi connectivity index (χ0n) is 20.4. The SMILES string of the molecule is Cc1cc(-c2nc(C(=O)Nc3cn4cc(CCC(=O)O)nc4cc3N3CCC(CO)CC3)co2)ccn1. The number of amides is 1. The van der Waals surface area contributed by atoms with E-state index in [1.54, 1.807) is 29.1 Å². The molecule has 11 nitrogen and oxygen atoms in total. The average molecular weight is 505 g/mol. The highest BCUT2D eigenvalue weighted by atomic mass is 16.4. The largest absolute Gasteiger partial charge is 0.481 e. The summed E-state index contributed by atoms with van der Waals surface area (Å²) < 4.78 is 7.34. The molecule has 0 atom stereocenters. The number of aliphatic hydroxyl groups is 1. The number of nitrogens with zero attached hydrogens (tertiary/aromatic N) is 5. The first kappa shape index (κ1) is 24.4. The molecular formula is C26H28N6O5. The van der Waals surface area contributed by atoms with Crippen LogP contribution in [0.3, 0.4) is 0 Å². The first-order valence-corrected chi connectivity index (χ1v) is 12.2. The van der Waals surface area contributed by atoms with E-state index in [0.717, 1.165) is 42.9 Å². The van der Waals surface area contributed by atoms with Gasteiger partial charge in [0.25, 0.3) is 5.91 Å². The molecule has 0 bridgehead atoms. The Morgan fingerprint density at radius 2 is 2.00 bits per heavy atom. The van der Waals surface area contributed by atoms with Crippen LogP contribution in [0, 0.1) is 12.8 Å². The van der Waals surface area contributed by atoms with E-state index >= 15 is 0 Å². The third-order valence-electron chi connectivity index (χ3n) is 6.56. The van der Waals surface area contributed by atoms with Gasteiger partial charge in [-0.3, -0.25) is 14.6 Å². The standard InChI is InChI=1S/C26H28N6O5/c1-16-10-18(4-7-27-16)26-30-21(15-37-26)25(36)29-20-13-32-12-19(2-3-24(34)35)28-23(32)11-22(20)31-8-5-17(14-33)6-9-31/h4,7,10-13,15,17,33H,2-3,5-6,8-9,14H2,1H3,(H,29,36)(H,34,35). The molecule has 1 saturated heterocycles. The topological polar surface area (TPSA) is 146 Å². The van der Waals surface area contributed by atoms with E-state index in [1.165, 1.54) is 6.26 Å². The van der Waals surface area contributed by atoms with Crippen LogP contribution in [-0.4, -0.2) is 61.1 Å². The number of pyridine rings is 2. The summed E-state index contributed by atoms with van der Waals surface area (Å²) >= 11 is 0. The van der Waals surface area contributed by atoms with E-state index in [4.69, 9.17) is 9.52 Å². The first-order chi connectivity index (χ1) is 17.9. The van der Waals surface area contributed by atoms with Crippen molar-refractivity contribution in [1.82, 2.24) is 19.4 Å². The van der Waals surface area contributed by atoms with E-state index in [2.05, 4.69) is 25.2 Å². The number of rotatable bonds is 8. The Balaban J connectivity index is 1.44. The molecule has 5 rings (SSSR count). The van der Waals surface area contributed by atoms with Crippen molar-refractivity contribution in [2.24, 2.45) is 5.92 Å². The summed E-state index contributed by atoms with van der Waals surface area (Å²) in [5, 5.41) is 21.5. The number of carbonyl (C=O) groups excluding carboxylic acids is 1. The molecule has 37 heavy (non-hydrogen) atoms. The summed E-state index contributed by atoms with van der Waals surface area (Å²) in [6.45, 7) is 3.48. The molecule has 0 aromatic carbocycles.